The summed E-state index contributed by atoms with van der Waals surface area (Å²) in [5.41, 5.74) is 1.06. The number of fused-ring (bicyclic) bond motifs is 1. The molecular formula is C22H21ClF2N8O2. The largest absolute Gasteiger partial charge is 0.434 e. The molecular weight excluding hydrogens is 482 g/mol. The lowest BCUT2D eigenvalue weighted by Crippen LogP contribution is -2.37. The van der Waals surface area contributed by atoms with Crippen molar-refractivity contribution in [3.05, 3.63) is 59.6 Å². The molecule has 1 aliphatic heterocycles. The second kappa shape index (κ2) is 9.56. The summed E-state index contributed by atoms with van der Waals surface area (Å²) in [5.74, 6) is 5.59. The average molecular weight is 503 g/mol. The molecule has 4 aromatic rings. The number of halogens is 3. The maximum Gasteiger partial charge on any atom is 0.387 e. The van der Waals surface area contributed by atoms with E-state index in [0.717, 1.165) is 30.9 Å². The third-order valence-corrected chi connectivity index (χ3v) is 6.03. The van der Waals surface area contributed by atoms with Crippen molar-refractivity contribution in [1.82, 2.24) is 29.7 Å². The van der Waals surface area contributed by atoms with Crippen LogP contribution in [0.3, 0.4) is 0 Å². The Hall–Kier alpha value is -3.61. The highest BCUT2D eigenvalue weighted by Gasteiger charge is 2.28. The number of nitrogens with two attached hydrogens (primary N) is 1. The van der Waals surface area contributed by atoms with Crippen molar-refractivity contribution in [2.45, 2.75) is 25.5 Å². The maximum absolute atomic E-state index is 13.4. The summed E-state index contributed by atoms with van der Waals surface area (Å²) in [6.07, 6.45) is 7.79. The van der Waals surface area contributed by atoms with Gasteiger partial charge in [0, 0.05) is 23.0 Å². The Morgan fingerprint density at radius 1 is 1.31 bits per heavy atom. The second-order valence-electron chi connectivity index (χ2n) is 7.96. The van der Waals surface area contributed by atoms with Gasteiger partial charge in [-0.2, -0.15) is 19.0 Å². The van der Waals surface area contributed by atoms with Crippen molar-refractivity contribution in [2.75, 3.05) is 18.1 Å². The summed E-state index contributed by atoms with van der Waals surface area (Å²) < 4.78 is 34.2. The van der Waals surface area contributed by atoms with Gasteiger partial charge in [0.05, 0.1) is 18.4 Å². The van der Waals surface area contributed by atoms with E-state index in [0.29, 0.717) is 5.65 Å². The molecule has 0 radical (unpaired) electrons. The average Bonchev–Trinajstić information content (AvgIpc) is 3.49. The molecule has 10 nitrogen and oxygen atoms in total. The van der Waals surface area contributed by atoms with E-state index in [4.69, 9.17) is 22.2 Å². The van der Waals surface area contributed by atoms with Crippen LogP contribution < -0.4 is 20.9 Å². The summed E-state index contributed by atoms with van der Waals surface area (Å²) in [4.78, 5) is 17.6. The van der Waals surface area contributed by atoms with Crippen LogP contribution in [0.5, 0.6) is 5.75 Å². The van der Waals surface area contributed by atoms with E-state index < -0.39 is 12.5 Å². The molecule has 1 amide bonds. The van der Waals surface area contributed by atoms with Crippen molar-refractivity contribution in [2.24, 2.45) is 5.84 Å². The fraction of sp³-hybridized carbons (Fsp3) is 0.273. The number of hydrogen-bond acceptors (Lipinski definition) is 7. The number of aromatic nitrogens is 5. The van der Waals surface area contributed by atoms with Crippen LogP contribution in [0.25, 0.3) is 16.9 Å². The first-order chi connectivity index (χ1) is 16.9. The van der Waals surface area contributed by atoms with Crippen molar-refractivity contribution in [3.63, 3.8) is 0 Å². The quantitative estimate of drug-likeness (QED) is 0.236. The van der Waals surface area contributed by atoms with E-state index in [9.17, 15) is 13.6 Å². The second-order valence-corrected chi connectivity index (χ2v) is 8.40. The van der Waals surface area contributed by atoms with Gasteiger partial charge in [-0.3, -0.25) is 9.48 Å². The Labute approximate surface area is 203 Å². The minimum atomic E-state index is -3.06. The molecule has 3 N–H and O–H groups in total. The number of alkyl halides is 2. The van der Waals surface area contributed by atoms with Gasteiger partial charge in [0.2, 0.25) is 0 Å². The third-order valence-electron chi connectivity index (χ3n) is 5.80. The van der Waals surface area contributed by atoms with Gasteiger partial charge < -0.3 is 10.1 Å². The normalized spacial score (nSPS) is 14.5. The highest BCUT2D eigenvalue weighted by molar-refractivity contribution is 6.31. The van der Waals surface area contributed by atoms with E-state index >= 15 is 0 Å². The van der Waals surface area contributed by atoms with Crippen LogP contribution in [0.2, 0.25) is 5.02 Å². The minimum absolute atomic E-state index is 0.0320. The van der Waals surface area contributed by atoms with Gasteiger partial charge in [0.25, 0.3) is 5.91 Å². The van der Waals surface area contributed by atoms with Gasteiger partial charge in [0.1, 0.15) is 22.7 Å². The topological polar surface area (TPSA) is 116 Å². The van der Waals surface area contributed by atoms with Crippen LogP contribution in [0.15, 0.2) is 49.1 Å². The van der Waals surface area contributed by atoms with Crippen LogP contribution in [0.1, 0.15) is 29.2 Å². The molecule has 0 atom stereocenters. The Kier molecular flexibility index (Phi) is 6.32. The van der Waals surface area contributed by atoms with Crippen LogP contribution >= 0.6 is 11.6 Å². The number of carbonyl (C=O) groups is 1. The fourth-order valence-electron chi connectivity index (χ4n) is 4.11. The first-order valence-corrected chi connectivity index (χ1v) is 11.2. The van der Waals surface area contributed by atoms with Gasteiger partial charge in [-0.15, -0.1) is 0 Å². The molecule has 3 aromatic heterocycles. The first kappa shape index (κ1) is 23.1. The molecule has 1 aromatic carbocycles. The smallest absolute Gasteiger partial charge is 0.387 e. The predicted molar refractivity (Wildman–Crippen MR) is 124 cm³/mol. The number of benzene rings is 1. The molecule has 35 heavy (non-hydrogen) atoms. The van der Waals surface area contributed by atoms with E-state index in [1.807, 2.05) is 0 Å². The van der Waals surface area contributed by atoms with Crippen LogP contribution in [0.4, 0.5) is 14.5 Å². The number of rotatable bonds is 6. The van der Waals surface area contributed by atoms with Gasteiger partial charge in [-0.1, -0.05) is 11.6 Å². The molecule has 0 spiro atoms. The van der Waals surface area contributed by atoms with Gasteiger partial charge >= 0.3 is 6.61 Å². The molecule has 1 aliphatic rings. The Balaban J connectivity index is 1.61. The lowest BCUT2D eigenvalue weighted by atomic mass is 10.1. The Morgan fingerprint density at radius 3 is 2.89 bits per heavy atom. The zero-order chi connectivity index (χ0) is 24.5. The number of piperidine rings is 1. The molecule has 1 saturated heterocycles. The number of hydrogen-bond donors (Lipinski definition) is 2. The highest BCUT2D eigenvalue weighted by atomic mass is 35.5. The number of nitrogens with zero attached hydrogens (tertiary/aromatic N) is 6. The van der Waals surface area contributed by atoms with E-state index in [-0.39, 0.29) is 39.3 Å². The summed E-state index contributed by atoms with van der Waals surface area (Å²) >= 11 is 6.18. The number of carbonyl (C=O) groups excluding carboxylic acids is 1. The van der Waals surface area contributed by atoms with E-state index in [1.165, 1.54) is 35.1 Å². The van der Waals surface area contributed by atoms with E-state index in [1.54, 1.807) is 23.1 Å². The molecule has 1 fully saturated rings. The van der Waals surface area contributed by atoms with Gasteiger partial charge in [-0.05, 0) is 50.2 Å². The first-order valence-electron chi connectivity index (χ1n) is 10.8. The molecule has 5 rings (SSSR count). The number of nitrogens with one attached hydrogen (secondary N) is 1. The lowest BCUT2D eigenvalue weighted by Gasteiger charge is -2.22. The molecule has 182 valence electrons. The lowest BCUT2D eigenvalue weighted by molar-refractivity contribution is -0.0494. The predicted octanol–water partition coefficient (Wildman–Crippen LogP) is 3.29. The highest BCUT2D eigenvalue weighted by Crippen LogP contribution is 2.39. The number of amides is 1. The number of ether oxygens (including phenoxy) is 1. The summed E-state index contributed by atoms with van der Waals surface area (Å²) in [6, 6.07) is 5.92. The molecule has 13 heteroatoms. The molecule has 0 bridgehead atoms. The maximum atomic E-state index is 13.4. The zero-order valence-electron chi connectivity index (χ0n) is 18.3. The molecule has 4 heterocycles. The summed E-state index contributed by atoms with van der Waals surface area (Å²) in [7, 11) is 0. The van der Waals surface area contributed by atoms with Crippen molar-refractivity contribution < 1.29 is 18.3 Å². The van der Waals surface area contributed by atoms with Crippen molar-refractivity contribution in [1.29, 1.82) is 0 Å². The molecule has 0 saturated carbocycles. The zero-order valence-corrected chi connectivity index (χ0v) is 19.1. The summed E-state index contributed by atoms with van der Waals surface area (Å²) in [6.45, 7) is -1.47. The van der Waals surface area contributed by atoms with Gasteiger partial charge in [0.15, 0.2) is 5.65 Å². The van der Waals surface area contributed by atoms with Crippen molar-refractivity contribution >= 4 is 28.8 Å². The SMILES string of the molecule is NN(C(=O)c1cnn2cccnc12)c1cn(C2CCNCC2)nc1-c1cc(Cl)ccc1OC(F)F. The minimum Gasteiger partial charge on any atom is -0.434 e. The van der Waals surface area contributed by atoms with Crippen LogP contribution in [-0.4, -0.2) is 50.0 Å². The van der Waals surface area contributed by atoms with E-state index in [2.05, 4.69) is 20.5 Å². The van der Waals surface area contributed by atoms with Crippen LogP contribution in [0, 0.1) is 0 Å². The number of anilines is 1. The Bertz CT molecular complexity index is 1370. The number of hydrazine groups is 1. The standard InChI is InChI=1S/C22H21ClF2N8O2/c23-13-2-3-18(35-22(24)25)15(10-13)19-17(12-32(30-19)14-4-7-27-8-5-14)33(26)21(34)16-11-29-31-9-1-6-28-20(16)31/h1-3,6,9-12,14,22,27H,4-5,7-8,26H2. The fourth-order valence-corrected chi connectivity index (χ4v) is 4.28. The molecule has 0 unspecified atom stereocenters. The van der Waals surface area contributed by atoms with Crippen LogP contribution in [-0.2, 0) is 0 Å². The van der Waals surface area contributed by atoms with Gasteiger partial charge in [-0.25, -0.2) is 20.4 Å². The monoisotopic (exact) mass is 502 g/mol. The molecule has 0 aliphatic carbocycles. The summed E-state index contributed by atoms with van der Waals surface area (Å²) in [5, 5.41) is 13.3. The third kappa shape index (κ3) is 4.55. The Morgan fingerprint density at radius 2 is 2.11 bits per heavy atom. The van der Waals surface area contributed by atoms with Crippen molar-refractivity contribution in [3.8, 4) is 17.0 Å².